The predicted octanol–water partition coefficient (Wildman–Crippen LogP) is 4.33. The maximum Gasteiger partial charge on any atom is 0.119 e. The van der Waals surface area contributed by atoms with Crippen LogP contribution in [0, 0.1) is 6.92 Å². The zero-order valence-electron chi connectivity index (χ0n) is 9.99. The van der Waals surface area contributed by atoms with Gasteiger partial charge in [0, 0.05) is 0 Å². The molecule has 16 heavy (non-hydrogen) atoms. The number of fused-ring (bicyclic) bond motifs is 1. The third-order valence-corrected chi connectivity index (χ3v) is 2.73. The van der Waals surface area contributed by atoms with Crippen LogP contribution >= 0.6 is 0 Å². The Balaban J connectivity index is 2.20. The first-order chi connectivity index (χ1) is 7.79. The second-order valence-electron chi connectivity index (χ2n) is 4.21. The summed E-state index contributed by atoms with van der Waals surface area (Å²) < 4.78 is 5.68. The summed E-state index contributed by atoms with van der Waals surface area (Å²) in [5, 5.41) is 2.53. The quantitative estimate of drug-likeness (QED) is 0.688. The van der Waals surface area contributed by atoms with E-state index in [-0.39, 0.29) is 0 Å². The standard InChI is InChI=1S/C15H18O/c1-3-4-9-16-15-8-7-13-10-12(2)5-6-14(13)11-15/h5-8,10-11H,3-4,9H2,1-2H3. The Morgan fingerprint density at radius 1 is 1.00 bits per heavy atom. The highest BCUT2D eigenvalue weighted by Crippen LogP contribution is 2.22. The molecule has 0 amide bonds. The number of aryl methyl sites for hydroxylation is 1. The minimum absolute atomic E-state index is 0.813. The van der Waals surface area contributed by atoms with Crippen molar-refractivity contribution in [3.8, 4) is 5.75 Å². The lowest BCUT2D eigenvalue weighted by Crippen LogP contribution is -1.95. The van der Waals surface area contributed by atoms with Gasteiger partial charge >= 0.3 is 0 Å². The highest BCUT2D eigenvalue weighted by Gasteiger charge is 1.97. The first kappa shape index (κ1) is 11.0. The van der Waals surface area contributed by atoms with Crippen LogP contribution in [0.2, 0.25) is 0 Å². The molecule has 0 fully saturated rings. The Morgan fingerprint density at radius 2 is 1.75 bits per heavy atom. The van der Waals surface area contributed by atoms with Gasteiger partial charge in [-0.05, 0) is 36.2 Å². The second-order valence-corrected chi connectivity index (χ2v) is 4.21. The topological polar surface area (TPSA) is 9.23 Å². The molecule has 0 saturated carbocycles. The summed E-state index contributed by atoms with van der Waals surface area (Å²) in [4.78, 5) is 0. The van der Waals surface area contributed by atoms with Crippen LogP contribution in [0.25, 0.3) is 10.8 Å². The molecule has 1 heteroatoms. The zero-order valence-corrected chi connectivity index (χ0v) is 9.99. The third kappa shape index (κ3) is 2.54. The molecule has 2 aromatic carbocycles. The Hall–Kier alpha value is -1.50. The molecule has 0 unspecified atom stereocenters. The van der Waals surface area contributed by atoms with Crippen LogP contribution in [0.5, 0.6) is 5.75 Å². The lowest BCUT2D eigenvalue weighted by Gasteiger charge is -2.06. The van der Waals surface area contributed by atoms with Crippen LogP contribution in [0.3, 0.4) is 0 Å². The maximum atomic E-state index is 5.68. The van der Waals surface area contributed by atoms with Gasteiger partial charge in [0.15, 0.2) is 0 Å². The normalized spacial score (nSPS) is 10.6. The van der Waals surface area contributed by atoms with Crippen molar-refractivity contribution in [3.63, 3.8) is 0 Å². The molecule has 0 aliphatic heterocycles. The number of ether oxygens (including phenoxy) is 1. The van der Waals surface area contributed by atoms with Crippen molar-refractivity contribution in [1.29, 1.82) is 0 Å². The molecule has 2 rings (SSSR count). The highest BCUT2D eigenvalue weighted by atomic mass is 16.5. The van der Waals surface area contributed by atoms with E-state index in [1.807, 2.05) is 0 Å². The number of benzene rings is 2. The summed E-state index contributed by atoms with van der Waals surface area (Å²) in [7, 11) is 0. The van der Waals surface area contributed by atoms with E-state index in [9.17, 15) is 0 Å². The van der Waals surface area contributed by atoms with Gasteiger partial charge in [0.25, 0.3) is 0 Å². The molecule has 0 N–H and O–H groups in total. The smallest absolute Gasteiger partial charge is 0.119 e. The summed E-state index contributed by atoms with van der Waals surface area (Å²) >= 11 is 0. The van der Waals surface area contributed by atoms with Crippen LogP contribution in [0.4, 0.5) is 0 Å². The highest BCUT2D eigenvalue weighted by molar-refractivity contribution is 5.84. The van der Waals surface area contributed by atoms with Gasteiger partial charge < -0.3 is 4.74 Å². The molecule has 0 aromatic heterocycles. The summed E-state index contributed by atoms with van der Waals surface area (Å²) in [6.45, 7) is 5.10. The molecule has 0 atom stereocenters. The lowest BCUT2D eigenvalue weighted by atomic mass is 10.1. The average Bonchev–Trinajstić information content (AvgIpc) is 2.29. The number of unbranched alkanes of at least 4 members (excludes halogenated alkanes) is 1. The summed E-state index contributed by atoms with van der Waals surface area (Å²) in [6, 6.07) is 12.8. The largest absolute Gasteiger partial charge is 0.494 e. The minimum Gasteiger partial charge on any atom is -0.494 e. The first-order valence-corrected chi connectivity index (χ1v) is 5.93. The Labute approximate surface area is 97.1 Å². The molecule has 2 aromatic rings. The second kappa shape index (κ2) is 5.02. The fourth-order valence-corrected chi connectivity index (χ4v) is 1.77. The molecule has 0 radical (unpaired) electrons. The molecule has 0 aliphatic rings. The van der Waals surface area contributed by atoms with Gasteiger partial charge in [-0.1, -0.05) is 43.2 Å². The predicted molar refractivity (Wildman–Crippen MR) is 69.1 cm³/mol. The third-order valence-electron chi connectivity index (χ3n) is 2.73. The molecule has 0 spiro atoms. The number of hydrogen-bond donors (Lipinski definition) is 0. The molecule has 0 saturated heterocycles. The van der Waals surface area contributed by atoms with E-state index in [1.165, 1.54) is 22.8 Å². The van der Waals surface area contributed by atoms with E-state index < -0.39 is 0 Å². The Morgan fingerprint density at radius 3 is 2.56 bits per heavy atom. The van der Waals surface area contributed by atoms with Crippen molar-refractivity contribution in [1.82, 2.24) is 0 Å². The SMILES string of the molecule is CCCCOc1ccc2cc(C)ccc2c1. The van der Waals surface area contributed by atoms with Gasteiger partial charge in [-0.25, -0.2) is 0 Å². The van der Waals surface area contributed by atoms with Gasteiger partial charge in [0.1, 0.15) is 5.75 Å². The molecular formula is C15H18O. The van der Waals surface area contributed by atoms with Gasteiger partial charge in [0.2, 0.25) is 0 Å². The van der Waals surface area contributed by atoms with Crippen LogP contribution in [-0.4, -0.2) is 6.61 Å². The van der Waals surface area contributed by atoms with Crippen LogP contribution in [0.15, 0.2) is 36.4 Å². The summed E-state index contributed by atoms with van der Waals surface area (Å²) in [6.07, 6.45) is 2.29. The average molecular weight is 214 g/mol. The fraction of sp³-hybridized carbons (Fsp3) is 0.333. The molecule has 0 bridgehead atoms. The van der Waals surface area contributed by atoms with Crippen molar-refractivity contribution in [3.05, 3.63) is 42.0 Å². The van der Waals surface area contributed by atoms with Crippen molar-refractivity contribution in [2.24, 2.45) is 0 Å². The zero-order chi connectivity index (χ0) is 11.4. The van der Waals surface area contributed by atoms with Gasteiger partial charge in [-0.15, -0.1) is 0 Å². The molecular weight excluding hydrogens is 196 g/mol. The maximum absolute atomic E-state index is 5.68. The van der Waals surface area contributed by atoms with E-state index in [4.69, 9.17) is 4.74 Å². The van der Waals surface area contributed by atoms with Gasteiger partial charge in [-0.3, -0.25) is 0 Å². The Kier molecular flexibility index (Phi) is 3.45. The summed E-state index contributed by atoms with van der Waals surface area (Å²) in [5.41, 5.74) is 1.30. The van der Waals surface area contributed by atoms with Crippen molar-refractivity contribution >= 4 is 10.8 Å². The number of rotatable bonds is 4. The lowest BCUT2D eigenvalue weighted by molar-refractivity contribution is 0.310. The molecule has 0 aliphatic carbocycles. The van der Waals surface area contributed by atoms with Crippen molar-refractivity contribution in [2.45, 2.75) is 26.7 Å². The van der Waals surface area contributed by atoms with E-state index in [1.54, 1.807) is 0 Å². The van der Waals surface area contributed by atoms with Crippen molar-refractivity contribution < 1.29 is 4.74 Å². The van der Waals surface area contributed by atoms with Gasteiger partial charge in [0.05, 0.1) is 6.61 Å². The number of hydrogen-bond acceptors (Lipinski definition) is 1. The fourth-order valence-electron chi connectivity index (χ4n) is 1.77. The van der Waals surface area contributed by atoms with Crippen LogP contribution < -0.4 is 4.74 Å². The van der Waals surface area contributed by atoms with Crippen LogP contribution in [0.1, 0.15) is 25.3 Å². The van der Waals surface area contributed by atoms with Crippen LogP contribution in [-0.2, 0) is 0 Å². The first-order valence-electron chi connectivity index (χ1n) is 5.93. The van der Waals surface area contributed by atoms with E-state index in [0.717, 1.165) is 18.8 Å². The van der Waals surface area contributed by atoms with Crippen molar-refractivity contribution in [2.75, 3.05) is 6.61 Å². The molecule has 1 nitrogen and oxygen atoms in total. The van der Waals surface area contributed by atoms with E-state index >= 15 is 0 Å². The molecule has 84 valence electrons. The summed E-state index contributed by atoms with van der Waals surface area (Å²) in [5.74, 6) is 0.977. The minimum atomic E-state index is 0.813. The Bertz CT molecular complexity index is 474. The van der Waals surface area contributed by atoms with E-state index in [0.29, 0.717) is 0 Å². The van der Waals surface area contributed by atoms with Gasteiger partial charge in [-0.2, -0.15) is 0 Å². The molecule has 0 heterocycles. The monoisotopic (exact) mass is 214 g/mol. The van der Waals surface area contributed by atoms with E-state index in [2.05, 4.69) is 50.2 Å².